The summed E-state index contributed by atoms with van der Waals surface area (Å²) in [6.07, 6.45) is 1.87. The summed E-state index contributed by atoms with van der Waals surface area (Å²) in [7, 11) is 4.09. The lowest BCUT2D eigenvalue weighted by Crippen LogP contribution is -2.21. The lowest BCUT2D eigenvalue weighted by atomic mass is 10.0. The Morgan fingerprint density at radius 2 is 2.08 bits per heavy atom. The van der Waals surface area contributed by atoms with Crippen molar-refractivity contribution in [1.82, 2.24) is 14.9 Å². The van der Waals surface area contributed by atoms with E-state index in [9.17, 15) is 0 Å². The molecule has 0 amide bonds. The van der Waals surface area contributed by atoms with Crippen molar-refractivity contribution >= 4 is 17.3 Å². The second kappa shape index (κ2) is 7.31. The smallest absolute Gasteiger partial charge is 0.231 e. The molecule has 6 nitrogen and oxygen atoms in total. The van der Waals surface area contributed by atoms with E-state index < -0.39 is 0 Å². The molecule has 0 saturated carbocycles. The number of thiophene rings is 1. The maximum Gasteiger partial charge on any atom is 0.231 e. The van der Waals surface area contributed by atoms with Crippen molar-refractivity contribution in [2.75, 3.05) is 39.3 Å². The molecule has 3 heterocycles. The van der Waals surface area contributed by atoms with Gasteiger partial charge in [-0.15, -0.1) is 11.3 Å². The van der Waals surface area contributed by atoms with Gasteiger partial charge < -0.3 is 19.7 Å². The minimum atomic E-state index is 0.266. The number of anilines is 1. The van der Waals surface area contributed by atoms with E-state index in [1.54, 1.807) is 11.3 Å². The fourth-order valence-corrected chi connectivity index (χ4v) is 3.46. The molecule has 0 fully saturated rings. The zero-order valence-electron chi connectivity index (χ0n) is 14.7. The van der Waals surface area contributed by atoms with Gasteiger partial charge >= 0.3 is 0 Å². The topological polar surface area (TPSA) is 59.5 Å². The maximum absolute atomic E-state index is 5.51. The molecule has 134 valence electrons. The average Bonchev–Trinajstić information content (AvgIpc) is 3.32. The van der Waals surface area contributed by atoms with Crippen molar-refractivity contribution in [2.24, 2.45) is 0 Å². The van der Waals surface area contributed by atoms with Crippen molar-refractivity contribution in [2.45, 2.75) is 0 Å². The molecule has 0 spiro atoms. The van der Waals surface area contributed by atoms with E-state index in [1.165, 1.54) is 0 Å². The van der Waals surface area contributed by atoms with E-state index in [0.29, 0.717) is 5.95 Å². The molecular weight excluding hydrogens is 348 g/mol. The van der Waals surface area contributed by atoms with Gasteiger partial charge in [-0.25, -0.2) is 9.97 Å². The number of benzene rings is 1. The summed E-state index contributed by atoms with van der Waals surface area (Å²) in [4.78, 5) is 12.5. The van der Waals surface area contributed by atoms with Crippen LogP contribution in [0.5, 0.6) is 11.5 Å². The van der Waals surface area contributed by atoms with Crippen LogP contribution >= 0.6 is 11.3 Å². The molecule has 0 atom stereocenters. The molecule has 1 N–H and O–H groups in total. The first kappa shape index (κ1) is 16.8. The van der Waals surface area contributed by atoms with E-state index in [0.717, 1.165) is 46.3 Å². The predicted octanol–water partition coefficient (Wildman–Crippen LogP) is 3.57. The van der Waals surface area contributed by atoms with Gasteiger partial charge in [0.25, 0.3) is 0 Å². The molecule has 1 aliphatic heterocycles. The Morgan fingerprint density at radius 1 is 1.19 bits per heavy atom. The Balaban J connectivity index is 1.69. The van der Waals surface area contributed by atoms with E-state index in [-0.39, 0.29) is 6.79 Å². The molecule has 0 saturated heterocycles. The van der Waals surface area contributed by atoms with Crippen molar-refractivity contribution in [1.29, 1.82) is 0 Å². The van der Waals surface area contributed by atoms with Crippen molar-refractivity contribution in [3.8, 4) is 33.2 Å². The molecule has 1 aromatic carbocycles. The lowest BCUT2D eigenvalue weighted by molar-refractivity contribution is 0.174. The van der Waals surface area contributed by atoms with E-state index in [4.69, 9.17) is 14.5 Å². The number of hydrogen-bond acceptors (Lipinski definition) is 7. The SMILES string of the molecule is CN(C)CCNc1ncc(-c2ccc3c(c2)OCO3)c(-c2cccs2)n1. The van der Waals surface area contributed by atoms with Crippen LogP contribution in [0.1, 0.15) is 0 Å². The molecule has 0 aliphatic carbocycles. The Labute approximate surface area is 156 Å². The molecule has 3 aromatic rings. The van der Waals surface area contributed by atoms with E-state index >= 15 is 0 Å². The summed E-state index contributed by atoms with van der Waals surface area (Å²) in [6.45, 7) is 1.98. The van der Waals surface area contributed by atoms with Crippen LogP contribution in [0, 0.1) is 0 Å². The quantitative estimate of drug-likeness (QED) is 0.718. The van der Waals surface area contributed by atoms with Crippen LogP contribution < -0.4 is 14.8 Å². The predicted molar refractivity (Wildman–Crippen MR) is 104 cm³/mol. The minimum Gasteiger partial charge on any atom is -0.454 e. The molecule has 26 heavy (non-hydrogen) atoms. The molecule has 0 bridgehead atoms. The van der Waals surface area contributed by atoms with Crippen LogP contribution in [0.3, 0.4) is 0 Å². The summed E-state index contributed by atoms with van der Waals surface area (Å²) in [6, 6.07) is 10.0. The third-order valence-corrected chi connectivity index (χ3v) is 4.95. The van der Waals surface area contributed by atoms with Gasteiger partial charge in [-0.1, -0.05) is 12.1 Å². The fraction of sp³-hybridized carbons (Fsp3) is 0.263. The summed E-state index contributed by atoms with van der Waals surface area (Å²) in [5.41, 5.74) is 2.91. The van der Waals surface area contributed by atoms with Gasteiger partial charge in [0.05, 0.1) is 10.6 Å². The maximum atomic E-state index is 5.51. The van der Waals surface area contributed by atoms with Gasteiger partial charge in [-0.2, -0.15) is 0 Å². The molecule has 0 unspecified atom stereocenters. The highest BCUT2D eigenvalue weighted by molar-refractivity contribution is 7.13. The molecule has 7 heteroatoms. The number of likely N-dealkylation sites (N-methyl/N-ethyl adjacent to an activating group) is 1. The van der Waals surface area contributed by atoms with Gasteiger partial charge in [-0.05, 0) is 43.2 Å². The Hall–Kier alpha value is -2.64. The zero-order valence-corrected chi connectivity index (χ0v) is 15.5. The van der Waals surface area contributed by atoms with Gasteiger partial charge in [0.2, 0.25) is 12.7 Å². The second-order valence-corrected chi connectivity index (χ2v) is 7.18. The number of aromatic nitrogens is 2. The summed E-state index contributed by atoms with van der Waals surface area (Å²) in [5.74, 6) is 2.17. The number of ether oxygens (including phenoxy) is 2. The summed E-state index contributed by atoms with van der Waals surface area (Å²) >= 11 is 1.67. The minimum absolute atomic E-state index is 0.266. The number of hydrogen-bond donors (Lipinski definition) is 1. The number of rotatable bonds is 6. The van der Waals surface area contributed by atoms with E-state index in [1.807, 2.05) is 44.6 Å². The van der Waals surface area contributed by atoms with Gasteiger partial charge in [0.1, 0.15) is 0 Å². The van der Waals surface area contributed by atoms with Gasteiger partial charge in [-0.3, -0.25) is 0 Å². The molecule has 2 aromatic heterocycles. The number of nitrogens with one attached hydrogen (secondary N) is 1. The molecule has 4 rings (SSSR count). The first-order chi connectivity index (χ1) is 12.7. The number of nitrogens with zero attached hydrogens (tertiary/aromatic N) is 3. The first-order valence-corrected chi connectivity index (χ1v) is 9.28. The molecular formula is C19H20N4O2S. The van der Waals surface area contributed by atoms with Crippen molar-refractivity contribution in [3.05, 3.63) is 41.9 Å². The molecule has 0 radical (unpaired) electrons. The van der Waals surface area contributed by atoms with E-state index in [2.05, 4.69) is 26.6 Å². The Morgan fingerprint density at radius 3 is 2.88 bits per heavy atom. The third-order valence-electron chi connectivity index (χ3n) is 4.07. The summed E-state index contributed by atoms with van der Waals surface area (Å²) in [5, 5.41) is 5.35. The second-order valence-electron chi connectivity index (χ2n) is 6.23. The summed E-state index contributed by atoms with van der Waals surface area (Å²) < 4.78 is 10.9. The average molecular weight is 368 g/mol. The lowest BCUT2D eigenvalue weighted by Gasteiger charge is -2.13. The van der Waals surface area contributed by atoms with Gasteiger partial charge in [0, 0.05) is 24.8 Å². The van der Waals surface area contributed by atoms with Gasteiger partial charge in [0.15, 0.2) is 11.5 Å². The fourth-order valence-electron chi connectivity index (χ4n) is 2.73. The highest BCUT2D eigenvalue weighted by Gasteiger charge is 2.17. The van der Waals surface area contributed by atoms with Crippen LogP contribution in [-0.4, -0.2) is 48.8 Å². The van der Waals surface area contributed by atoms with Crippen LogP contribution in [-0.2, 0) is 0 Å². The Kier molecular flexibility index (Phi) is 4.73. The highest BCUT2D eigenvalue weighted by Crippen LogP contribution is 2.39. The third kappa shape index (κ3) is 3.49. The van der Waals surface area contributed by atoms with Crippen molar-refractivity contribution < 1.29 is 9.47 Å². The molecule has 1 aliphatic rings. The standard InChI is InChI=1S/C19H20N4O2S/c1-23(2)8-7-20-19-21-11-14(18(22-19)17-4-3-9-26-17)13-5-6-15-16(10-13)25-12-24-15/h3-6,9-11H,7-8,12H2,1-2H3,(H,20,21,22). The number of fused-ring (bicyclic) bond motifs is 1. The van der Waals surface area contributed by atoms with Crippen molar-refractivity contribution in [3.63, 3.8) is 0 Å². The van der Waals surface area contributed by atoms with Crippen LogP contribution in [0.4, 0.5) is 5.95 Å². The zero-order chi connectivity index (χ0) is 17.9. The van der Waals surface area contributed by atoms with Crippen LogP contribution in [0.2, 0.25) is 0 Å². The largest absolute Gasteiger partial charge is 0.454 e. The van der Waals surface area contributed by atoms with Crippen LogP contribution in [0.15, 0.2) is 41.9 Å². The highest BCUT2D eigenvalue weighted by atomic mass is 32.1. The first-order valence-electron chi connectivity index (χ1n) is 8.40. The monoisotopic (exact) mass is 368 g/mol. The normalized spacial score (nSPS) is 12.6. The van der Waals surface area contributed by atoms with Crippen LogP contribution in [0.25, 0.3) is 21.7 Å². The Bertz CT molecular complexity index is 897.